The molecule has 20 heavy (non-hydrogen) atoms. The van der Waals surface area contributed by atoms with Crippen molar-refractivity contribution < 1.29 is 13.2 Å². The van der Waals surface area contributed by atoms with Gasteiger partial charge >= 0.3 is 6.18 Å². The average molecular weight is 278 g/mol. The maximum Gasteiger partial charge on any atom is 0.418 e. The van der Waals surface area contributed by atoms with Crippen LogP contribution in [0, 0.1) is 11.3 Å². The van der Waals surface area contributed by atoms with E-state index in [9.17, 15) is 13.2 Å². The molecule has 0 aliphatic rings. The van der Waals surface area contributed by atoms with Gasteiger partial charge in [-0.15, -0.1) is 0 Å². The monoisotopic (exact) mass is 278 g/mol. The van der Waals surface area contributed by atoms with E-state index >= 15 is 0 Å². The van der Waals surface area contributed by atoms with Gasteiger partial charge in [-0.2, -0.15) is 18.4 Å². The maximum atomic E-state index is 12.9. The number of hydrogen-bond donors (Lipinski definition) is 1. The van der Waals surface area contributed by atoms with E-state index in [1.165, 1.54) is 30.9 Å². The Morgan fingerprint density at radius 2 is 1.90 bits per heavy atom. The van der Waals surface area contributed by atoms with Gasteiger partial charge in [0.1, 0.15) is 6.33 Å². The van der Waals surface area contributed by atoms with E-state index in [1.54, 1.807) is 6.07 Å². The molecule has 0 atom stereocenters. The lowest BCUT2D eigenvalue weighted by atomic mass is 10.1. The summed E-state index contributed by atoms with van der Waals surface area (Å²) in [5.41, 5.74) is -0.329. The van der Waals surface area contributed by atoms with E-state index < -0.39 is 11.7 Å². The topological polar surface area (TPSA) is 61.6 Å². The van der Waals surface area contributed by atoms with Crippen molar-refractivity contribution in [2.24, 2.45) is 0 Å². The summed E-state index contributed by atoms with van der Waals surface area (Å²) in [7, 11) is 0. The number of aromatic nitrogens is 2. The second kappa shape index (κ2) is 5.57. The van der Waals surface area contributed by atoms with Crippen LogP contribution in [0.1, 0.15) is 16.7 Å². The number of hydrogen-bond acceptors (Lipinski definition) is 4. The second-order valence-electron chi connectivity index (χ2n) is 3.97. The van der Waals surface area contributed by atoms with Gasteiger partial charge in [0.15, 0.2) is 0 Å². The van der Waals surface area contributed by atoms with Gasteiger partial charge in [0.25, 0.3) is 0 Å². The van der Waals surface area contributed by atoms with Gasteiger partial charge in [-0.3, -0.25) is 0 Å². The molecule has 0 aliphatic carbocycles. The van der Waals surface area contributed by atoms with Crippen molar-refractivity contribution in [2.45, 2.75) is 12.7 Å². The van der Waals surface area contributed by atoms with Crippen LogP contribution in [-0.4, -0.2) is 9.97 Å². The van der Waals surface area contributed by atoms with Crippen LogP contribution in [0.25, 0.3) is 0 Å². The molecule has 1 aromatic heterocycles. The van der Waals surface area contributed by atoms with Crippen LogP contribution in [0.3, 0.4) is 0 Å². The lowest BCUT2D eigenvalue weighted by Gasteiger charge is -2.14. The molecule has 0 amide bonds. The fourth-order valence-electron chi connectivity index (χ4n) is 1.62. The van der Waals surface area contributed by atoms with Gasteiger partial charge in [-0.25, -0.2) is 9.97 Å². The Bertz CT molecular complexity index is 632. The molecule has 102 valence electrons. The molecular formula is C13H9F3N4. The summed E-state index contributed by atoms with van der Waals surface area (Å²) in [6, 6.07) is 5.09. The SMILES string of the molecule is N#Cc1ccc(NCc2cncnc2)c(C(F)(F)F)c1. The van der Waals surface area contributed by atoms with Gasteiger partial charge in [0.05, 0.1) is 17.2 Å². The van der Waals surface area contributed by atoms with Gasteiger partial charge in [-0.1, -0.05) is 0 Å². The molecule has 0 fully saturated rings. The fraction of sp³-hybridized carbons (Fsp3) is 0.154. The van der Waals surface area contributed by atoms with Crippen molar-refractivity contribution in [1.29, 1.82) is 5.26 Å². The molecule has 0 saturated heterocycles. The Labute approximate surface area is 112 Å². The van der Waals surface area contributed by atoms with E-state index in [2.05, 4.69) is 15.3 Å². The summed E-state index contributed by atoms with van der Waals surface area (Å²) in [4.78, 5) is 7.56. The quantitative estimate of drug-likeness (QED) is 0.937. The Hall–Kier alpha value is -2.62. The van der Waals surface area contributed by atoms with Crippen LogP contribution < -0.4 is 5.32 Å². The first-order valence-electron chi connectivity index (χ1n) is 5.60. The number of nitriles is 1. The Morgan fingerprint density at radius 1 is 1.20 bits per heavy atom. The normalized spacial score (nSPS) is 10.9. The maximum absolute atomic E-state index is 12.9. The number of anilines is 1. The van der Waals surface area contributed by atoms with Crippen molar-refractivity contribution in [1.82, 2.24) is 9.97 Å². The van der Waals surface area contributed by atoms with Gasteiger partial charge in [0.2, 0.25) is 0 Å². The molecule has 1 heterocycles. The lowest BCUT2D eigenvalue weighted by Crippen LogP contribution is -2.11. The highest BCUT2D eigenvalue weighted by Crippen LogP contribution is 2.35. The predicted octanol–water partition coefficient (Wildman–Crippen LogP) is 2.98. The molecule has 0 radical (unpaired) electrons. The highest BCUT2D eigenvalue weighted by Gasteiger charge is 2.33. The number of nitrogens with zero attached hydrogens (tertiary/aromatic N) is 3. The molecule has 2 rings (SSSR count). The number of alkyl halides is 3. The molecule has 2 aromatic rings. The van der Waals surface area contributed by atoms with Crippen molar-refractivity contribution in [3.05, 3.63) is 53.6 Å². The molecule has 0 saturated carbocycles. The Balaban J connectivity index is 2.25. The first-order chi connectivity index (χ1) is 9.50. The van der Waals surface area contributed by atoms with E-state index in [0.717, 1.165) is 6.07 Å². The minimum atomic E-state index is -4.53. The standard InChI is InChI=1S/C13H9F3N4/c14-13(15,16)11-3-9(4-17)1-2-12(11)20-7-10-5-18-8-19-6-10/h1-3,5-6,8,20H,7H2. The average Bonchev–Trinajstić information content (AvgIpc) is 2.45. The van der Waals surface area contributed by atoms with Crippen LogP contribution in [0.15, 0.2) is 36.9 Å². The predicted molar refractivity (Wildman–Crippen MR) is 65.5 cm³/mol. The van der Waals surface area contributed by atoms with Crippen LogP contribution in [-0.2, 0) is 12.7 Å². The van der Waals surface area contributed by atoms with E-state index in [0.29, 0.717) is 5.56 Å². The third-order valence-corrected chi connectivity index (χ3v) is 2.55. The minimum Gasteiger partial charge on any atom is -0.380 e. The van der Waals surface area contributed by atoms with Crippen molar-refractivity contribution in [3.63, 3.8) is 0 Å². The highest BCUT2D eigenvalue weighted by molar-refractivity contribution is 5.56. The summed E-state index contributed by atoms with van der Waals surface area (Å²) in [6.45, 7) is 0.163. The lowest BCUT2D eigenvalue weighted by molar-refractivity contribution is -0.137. The Morgan fingerprint density at radius 3 is 2.50 bits per heavy atom. The molecule has 0 bridgehead atoms. The molecule has 4 nitrogen and oxygen atoms in total. The largest absolute Gasteiger partial charge is 0.418 e. The number of rotatable bonds is 3. The van der Waals surface area contributed by atoms with Crippen molar-refractivity contribution in [3.8, 4) is 6.07 Å². The molecule has 0 aliphatic heterocycles. The number of halogens is 3. The zero-order valence-electron chi connectivity index (χ0n) is 10.1. The molecule has 1 N–H and O–H groups in total. The fourth-order valence-corrected chi connectivity index (χ4v) is 1.62. The van der Waals surface area contributed by atoms with Crippen LogP contribution in [0.2, 0.25) is 0 Å². The van der Waals surface area contributed by atoms with E-state index in [-0.39, 0.29) is 17.8 Å². The Kier molecular flexibility index (Phi) is 3.84. The molecule has 0 spiro atoms. The van der Waals surface area contributed by atoms with Crippen LogP contribution in [0.5, 0.6) is 0 Å². The molecule has 0 unspecified atom stereocenters. The third kappa shape index (κ3) is 3.23. The van der Waals surface area contributed by atoms with Gasteiger partial charge in [0, 0.05) is 30.2 Å². The van der Waals surface area contributed by atoms with Gasteiger partial charge in [-0.05, 0) is 18.2 Å². The van der Waals surface area contributed by atoms with E-state index in [1.807, 2.05) is 0 Å². The molecule has 1 aromatic carbocycles. The summed E-state index contributed by atoms with van der Waals surface area (Å²) >= 11 is 0. The van der Waals surface area contributed by atoms with Gasteiger partial charge < -0.3 is 5.32 Å². The highest BCUT2D eigenvalue weighted by atomic mass is 19.4. The first-order valence-corrected chi connectivity index (χ1v) is 5.60. The molecule has 7 heteroatoms. The molecular weight excluding hydrogens is 269 g/mol. The zero-order valence-corrected chi connectivity index (χ0v) is 10.1. The zero-order chi connectivity index (χ0) is 14.6. The number of benzene rings is 1. The number of nitrogens with one attached hydrogen (secondary N) is 1. The van der Waals surface area contributed by atoms with E-state index in [4.69, 9.17) is 5.26 Å². The third-order valence-electron chi connectivity index (χ3n) is 2.55. The van der Waals surface area contributed by atoms with Crippen LogP contribution >= 0.6 is 0 Å². The summed E-state index contributed by atoms with van der Waals surface area (Å²) in [6.07, 6.45) is -0.164. The summed E-state index contributed by atoms with van der Waals surface area (Å²) in [5.74, 6) is 0. The van der Waals surface area contributed by atoms with Crippen molar-refractivity contribution in [2.75, 3.05) is 5.32 Å². The minimum absolute atomic E-state index is 0.0362. The summed E-state index contributed by atoms with van der Waals surface area (Å²) in [5, 5.41) is 11.4. The van der Waals surface area contributed by atoms with Crippen LogP contribution in [0.4, 0.5) is 18.9 Å². The van der Waals surface area contributed by atoms with Crippen molar-refractivity contribution >= 4 is 5.69 Å². The first kappa shape index (κ1) is 13.8. The second-order valence-corrected chi connectivity index (χ2v) is 3.97. The summed E-state index contributed by atoms with van der Waals surface area (Å²) < 4.78 is 38.7. The smallest absolute Gasteiger partial charge is 0.380 e.